The first kappa shape index (κ1) is 19.7. The van der Waals surface area contributed by atoms with Crippen molar-refractivity contribution in [1.29, 1.82) is 0 Å². The van der Waals surface area contributed by atoms with Crippen LogP contribution in [0.2, 0.25) is 0 Å². The van der Waals surface area contributed by atoms with Crippen LogP contribution in [0.1, 0.15) is 12.6 Å². The maximum absolute atomic E-state index is 6.12. The average Bonchev–Trinajstić information content (AvgIpc) is 3.19. The standard InChI is InChI=1S/C23H27N3O2.H2/c1-17-8-10-20(11-9-17)28-23(24-12-13-26(2)3)19-15-22(25-16-19)18-6-5-7-21(14-18)27-4;/h5-11,14-16,25H,12-13H2,1-4H3;1H. The lowest BCUT2D eigenvalue weighted by molar-refractivity contribution is 0.415. The molecule has 3 rings (SSSR count). The van der Waals surface area contributed by atoms with Crippen LogP contribution < -0.4 is 9.47 Å². The molecule has 0 aliphatic heterocycles. The molecular formula is C23H29N3O2. The summed E-state index contributed by atoms with van der Waals surface area (Å²) in [5.74, 6) is 2.21. The van der Waals surface area contributed by atoms with Crippen LogP contribution in [0.4, 0.5) is 0 Å². The molecule has 1 N–H and O–H groups in total. The molecule has 5 nitrogen and oxygen atoms in total. The van der Waals surface area contributed by atoms with Crippen LogP contribution in [0.25, 0.3) is 11.3 Å². The summed E-state index contributed by atoms with van der Waals surface area (Å²) in [6.07, 6.45) is 1.93. The number of methoxy groups -OCH3 is 1. The fourth-order valence-electron chi connectivity index (χ4n) is 2.73. The third kappa shape index (κ3) is 5.24. The first-order valence-corrected chi connectivity index (χ1v) is 9.32. The van der Waals surface area contributed by atoms with E-state index in [0.717, 1.165) is 34.9 Å². The van der Waals surface area contributed by atoms with E-state index in [0.29, 0.717) is 12.4 Å². The maximum atomic E-state index is 6.12. The molecule has 3 aromatic rings. The number of likely N-dealkylation sites (N-methyl/N-ethyl adjacent to an activating group) is 1. The molecule has 0 aliphatic carbocycles. The normalized spacial score (nSPS) is 11.7. The predicted molar refractivity (Wildman–Crippen MR) is 117 cm³/mol. The molecule has 28 heavy (non-hydrogen) atoms. The Morgan fingerprint density at radius 3 is 2.57 bits per heavy atom. The van der Waals surface area contributed by atoms with Gasteiger partial charge in [0.2, 0.25) is 5.90 Å². The van der Waals surface area contributed by atoms with Gasteiger partial charge in [-0.2, -0.15) is 0 Å². The summed E-state index contributed by atoms with van der Waals surface area (Å²) in [4.78, 5) is 10.1. The number of nitrogens with zero attached hydrogens (tertiary/aromatic N) is 2. The number of ether oxygens (including phenoxy) is 2. The van der Waals surface area contributed by atoms with Crippen molar-refractivity contribution in [2.75, 3.05) is 34.3 Å². The molecule has 1 heterocycles. The Hall–Kier alpha value is -3.05. The third-order valence-electron chi connectivity index (χ3n) is 4.35. The van der Waals surface area contributed by atoms with Gasteiger partial charge in [-0.25, -0.2) is 4.99 Å². The quantitative estimate of drug-likeness (QED) is 0.481. The van der Waals surface area contributed by atoms with Gasteiger partial charge in [0.15, 0.2) is 0 Å². The van der Waals surface area contributed by atoms with Crippen molar-refractivity contribution in [3.63, 3.8) is 0 Å². The molecule has 0 radical (unpaired) electrons. The number of rotatable bonds is 7. The molecule has 148 valence electrons. The van der Waals surface area contributed by atoms with Crippen LogP contribution >= 0.6 is 0 Å². The van der Waals surface area contributed by atoms with Gasteiger partial charge in [0.25, 0.3) is 0 Å². The first-order chi connectivity index (χ1) is 13.5. The monoisotopic (exact) mass is 379 g/mol. The lowest BCUT2D eigenvalue weighted by Gasteiger charge is -2.10. The lowest BCUT2D eigenvalue weighted by atomic mass is 10.1. The molecule has 0 unspecified atom stereocenters. The molecule has 0 bridgehead atoms. The highest BCUT2D eigenvalue weighted by molar-refractivity contribution is 5.96. The average molecular weight is 380 g/mol. The van der Waals surface area contributed by atoms with E-state index in [-0.39, 0.29) is 1.43 Å². The van der Waals surface area contributed by atoms with Gasteiger partial charge in [0, 0.05) is 25.4 Å². The van der Waals surface area contributed by atoms with Gasteiger partial charge in [-0.15, -0.1) is 0 Å². The highest BCUT2D eigenvalue weighted by Crippen LogP contribution is 2.24. The molecule has 0 saturated heterocycles. The predicted octanol–water partition coefficient (Wildman–Crippen LogP) is 4.63. The summed E-state index contributed by atoms with van der Waals surface area (Å²) in [5, 5.41) is 0. The second-order valence-electron chi connectivity index (χ2n) is 6.94. The summed E-state index contributed by atoms with van der Waals surface area (Å²) in [7, 11) is 5.74. The van der Waals surface area contributed by atoms with Gasteiger partial charge in [-0.05, 0) is 51.4 Å². The fraction of sp³-hybridized carbons (Fsp3) is 0.261. The minimum absolute atomic E-state index is 0. The van der Waals surface area contributed by atoms with Crippen molar-refractivity contribution in [2.24, 2.45) is 4.99 Å². The number of H-pyrrole nitrogens is 1. The number of aliphatic imine (C=N–C) groups is 1. The Bertz CT molecular complexity index is 933. The minimum Gasteiger partial charge on any atom is -0.497 e. The molecule has 1 aromatic heterocycles. The summed E-state index contributed by atoms with van der Waals surface area (Å²) >= 11 is 0. The van der Waals surface area contributed by atoms with Gasteiger partial charge in [-0.3, -0.25) is 0 Å². The number of aromatic amines is 1. The summed E-state index contributed by atoms with van der Waals surface area (Å²) in [5.41, 5.74) is 4.15. The zero-order valence-electron chi connectivity index (χ0n) is 16.9. The maximum Gasteiger partial charge on any atom is 0.223 e. The Balaban J connectivity index is 0.00000300. The van der Waals surface area contributed by atoms with Gasteiger partial charge < -0.3 is 19.4 Å². The second kappa shape index (κ2) is 9.24. The fourth-order valence-corrected chi connectivity index (χ4v) is 2.73. The van der Waals surface area contributed by atoms with Crippen molar-refractivity contribution in [3.8, 4) is 22.8 Å². The molecule has 2 aromatic carbocycles. The molecule has 5 heteroatoms. The Morgan fingerprint density at radius 2 is 1.86 bits per heavy atom. The number of hydrogen-bond acceptors (Lipinski definition) is 4. The van der Waals surface area contributed by atoms with Crippen molar-refractivity contribution >= 4 is 5.90 Å². The molecular weight excluding hydrogens is 350 g/mol. The Kier molecular flexibility index (Phi) is 6.50. The van der Waals surface area contributed by atoms with Crippen molar-refractivity contribution in [1.82, 2.24) is 9.88 Å². The summed E-state index contributed by atoms with van der Waals surface area (Å²) in [6, 6.07) is 18.0. The number of nitrogens with one attached hydrogen (secondary N) is 1. The molecule has 0 aliphatic rings. The largest absolute Gasteiger partial charge is 0.497 e. The van der Waals surface area contributed by atoms with Gasteiger partial charge in [0.05, 0.1) is 19.2 Å². The summed E-state index contributed by atoms with van der Waals surface area (Å²) in [6.45, 7) is 3.57. The van der Waals surface area contributed by atoms with Crippen molar-refractivity contribution in [3.05, 3.63) is 71.9 Å². The van der Waals surface area contributed by atoms with Gasteiger partial charge in [-0.1, -0.05) is 29.8 Å². The number of hydrogen-bond donors (Lipinski definition) is 1. The zero-order chi connectivity index (χ0) is 19.9. The molecule has 0 fully saturated rings. The van der Waals surface area contributed by atoms with Crippen LogP contribution in [-0.2, 0) is 0 Å². The van der Waals surface area contributed by atoms with Gasteiger partial charge >= 0.3 is 0 Å². The second-order valence-corrected chi connectivity index (χ2v) is 6.94. The van der Waals surface area contributed by atoms with Crippen LogP contribution in [0.15, 0.2) is 65.8 Å². The number of aromatic nitrogens is 1. The van der Waals surface area contributed by atoms with E-state index in [1.165, 1.54) is 5.56 Å². The third-order valence-corrected chi connectivity index (χ3v) is 4.35. The van der Waals surface area contributed by atoms with E-state index in [1.807, 2.05) is 68.8 Å². The zero-order valence-corrected chi connectivity index (χ0v) is 16.9. The summed E-state index contributed by atoms with van der Waals surface area (Å²) < 4.78 is 11.4. The van der Waals surface area contributed by atoms with E-state index in [4.69, 9.17) is 14.5 Å². The lowest BCUT2D eigenvalue weighted by Crippen LogP contribution is -2.18. The first-order valence-electron chi connectivity index (χ1n) is 9.32. The van der Waals surface area contributed by atoms with Crippen LogP contribution in [0.3, 0.4) is 0 Å². The topological polar surface area (TPSA) is 49.9 Å². The van der Waals surface area contributed by atoms with Crippen molar-refractivity contribution in [2.45, 2.75) is 6.92 Å². The number of benzene rings is 2. The Labute approximate surface area is 168 Å². The van der Waals surface area contributed by atoms with E-state index in [1.54, 1.807) is 7.11 Å². The molecule has 0 atom stereocenters. The number of aryl methyl sites for hydroxylation is 1. The minimum atomic E-state index is 0. The highest BCUT2D eigenvalue weighted by atomic mass is 16.5. The van der Waals surface area contributed by atoms with E-state index in [2.05, 4.69) is 22.9 Å². The Morgan fingerprint density at radius 1 is 1.07 bits per heavy atom. The highest BCUT2D eigenvalue weighted by Gasteiger charge is 2.11. The molecule has 0 saturated carbocycles. The van der Waals surface area contributed by atoms with Crippen LogP contribution in [-0.4, -0.2) is 50.1 Å². The molecule has 0 amide bonds. The molecule has 0 spiro atoms. The van der Waals surface area contributed by atoms with E-state index in [9.17, 15) is 0 Å². The SMILES string of the molecule is COc1cccc(-c2cc(C(=NCCN(C)C)Oc3ccc(C)cc3)c[nH]2)c1.[HH]. The smallest absolute Gasteiger partial charge is 0.223 e. The van der Waals surface area contributed by atoms with Crippen LogP contribution in [0.5, 0.6) is 11.5 Å². The van der Waals surface area contributed by atoms with E-state index >= 15 is 0 Å². The van der Waals surface area contributed by atoms with Gasteiger partial charge in [0.1, 0.15) is 11.5 Å². The van der Waals surface area contributed by atoms with E-state index < -0.39 is 0 Å². The van der Waals surface area contributed by atoms with Crippen molar-refractivity contribution < 1.29 is 10.9 Å². The van der Waals surface area contributed by atoms with Crippen LogP contribution in [0, 0.1) is 6.92 Å².